The van der Waals surface area contributed by atoms with E-state index in [4.69, 9.17) is 0 Å². The van der Waals surface area contributed by atoms with Crippen LogP contribution in [0.5, 0.6) is 0 Å². The molecule has 1 aliphatic rings. The molecule has 1 aromatic rings. The van der Waals surface area contributed by atoms with Crippen LogP contribution in [0.4, 0.5) is 11.4 Å². The highest BCUT2D eigenvalue weighted by atomic mass is 16.2. The monoisotopic (exact) mass is 275 g/mol. The number of anilines is 2. The molecular formula is C15H21N3O2. The summed E-state index contributed by atoms with van der Waals surface area (Å²) in [5.74, 6) is -0.750. The van der Waals surface area contributed by atoms with Crippen molar-refractivity contribution in [3.63, 3.8) is 0 Å². The summed E-state index contributed by atoms with van der Waals surface area (Å²) in [5, 5.41) is 0. The first kappa shape index (κ1) is 14.4. The molecular weight excluding hydrogens is 254 g/mol. The van der Waals surface area contributed by atoms with Gasteiger partial charge in [-0.05, 0) is 18.2 Å². The van der Waals surface area contributed by atoms with Gasteiger partial charge in [0.25, 0.3) is 5.91 Å². The number of hydrogen-bond acceptors (Lipinski definition) is 4. The predicted octanol–water partition coefficient (Wildman–Crippen LogP) is 0.990. The van der Waals surface area contributed by atoms with Crippen molar-refractivity contribution in [2.24, 2.45) is 0 Å². The van der Waals surface area contributed by atoms with Gasteiger partial charge in [0.1, 0.15) is 0 Å². The lowest BCUT2D eigenvalue weighted by Crippen LogP contribution is -2.50. The van der Waals surface area contributed by atoms with Crippen LogP contribution in [0.1, 0.15) is 6.92 Å². The molecule has 0 N–H and O–H groups in total. The zero-order valence-corrected chi connectivity index (χ0v) is 12.3. The Balaban J connectivity index is 2.02. The molecule has 108 valence electrons. The van der Waals surface area contributed by atoms with Gasteiger partial charge in [0.05, 0.1) is 0 Å². The number of Topliss-reactive ketones (excluding diaryl/α,β-unsaturated/α-hetero) is 1. The molecule has 0 aliphatic carbocycles. The summed E-state index contributed by atoms with van der Waals surface area (Å²) in [5.41, 5.74) is 2.32. The summed E-state index contributed by atoms with van der Waals surface area (Å²) in [6, 6.07) is 8.33. The Bertz CT molecular complexity index is 506. The third-order valence-electron chi connectivity index (χ3n) is 3.58. The molecule has 0 atom stereocenters. The summed E-state index contributed by atoms with van der Waals surface area (Å²) in [6.45, 7) is 4.05. The Labute approximate surface area is 119 Å². The van der Waals surface area contributed by atoms with Crippen molar-refractivity contribution in [1.29, 1.82) is 0 Å². The minimum Gasteiger partial charge on any atom is -0.378 e. The Morgan fingerprint density at radius 3 is 2.30 bits per heavy atom. The molecule has 1 aromatic carbocycles. The van der Waals surface area contributed by atoms with Crippen molar-refractivity contribution in [3.8, 4) is 0 Å². The molecule has 1 amide bonds. The Hall–Kier alpha value is -2.04. The van der Waals surface area contributed by atoms with Crippen molar-refractivity contribution in [1.82, 2.24) is 4.90 Å². The molecule has 0 spiro atoms. The van der Waals surface area contributed by atoms with Crippen LogP contribution in [-0.4, -0.2) is 56.9 Å². The van der Waals surface area contributed by atoms with E-state index in [2.05, 4.69) is 28.0 Å². The van der Waals surface area contributed by atoms with Gasteiger partial charge in [0.2, 0.25) is 5.78 Å². The molecule has 2 rings (SSSR count). The first-order valence-electron chi connectivity index (χ1n) is 6.81. The van der Waals surface area contributed by atoms with E-state index in [1.165, 1.54) is 6.92 Å². The third-order valence-corrected chi connectivity index (χ3v) is 3.58. The number of rotatable bonds is 3. The molecule has 1 heterocycles. The normalized spacial score (nSPS) is 15.2. The van der Waals surface area contributed by atoms with E-state index in [1.807, 2.05) is 20.2 Å². The van der Waals surface area contributed by atoms with E-state index in [1.54, 1.807) is 4.90 Å². The van der Waals surface area contributed by atoms with Crippen molar-refractivity contribution >= 4 is 23.1 Å². The number of amides is 1. The summed E-state index contributed by atoms with van der Waals surface area (Å²) >= 11 is 0. The van der Waals surface area contributed by atoms with Crippen molar-refractivity contribution in [3.05, 3.63) is 24.3 Å². The van der Waals surface area contributed by atoms with Crippen molar-refractivity contribution < 1.29 is 9.59 Å². The van der Waals surface area contributed by atoms with Crippen LogP contribution in [0, 0.1) is 0 Å². The number of carbonyl (C=O) groups excluding carboxylic acids is 2. The van der Waals surface area contributed by atoms with E-state index in [0.29, 0.717) is 13.1 Å². The highest BCUT2D eigenvalue weighted by Gasteiger charge is 2.23. The van der Waals surface area contributed by atoms with Gasteiger partial charge in [0, 0.05) is 58.6 Å². The third kappa shape index (κ3) is 3.10. The standard InChI is InChI=1S/C15H21N3O2/c1-12(19)15(20)18-9-7-17(8-10-18)14-6-4-5-13(11-14)16(2)3/h4-6,11H,7-10H2,1-3H3. The fraction of sp³-hybridized carbons (Fsp3) is 0.467. The minimum atomic E-state index is -0.381. The second kappa shape index (κ2) is 5.94. The lowest BCUT2D eigenvalue weighted by molar-refractivity contribution is -0.143. The smallest absolute Gasteiger partial charge is 0.289 e. The van der Waals surface area contributed by atoms with Crippen LogP contribution >= 0.6 is 0 Å². The van der Waals surface area contributed by atoms with Gasteiger partial charge in [-0.25, -0.2) is 0 Å². The van der Waals surface area contributed by atoms with Gasteiger partial charge in [-0.15, -0.1) is 0 Å². The fourth-order valence-electron chi connectivity index (χ4n) is 2.36. The molecule has 1 saturated heterocycles. The number of hydrogen-bond donors (Lipinski definition) is 0. The maximum Gasteiger partial charge on any atom is 0.289 e. The van der Waals surface area contributed by atoms with Crippen LogP contribution in [0.25, 0.3) is 0 Å². The quantitative estimate of drug-likeness (QED) is 0.772. The van der Waals surface area contributed by atoms with E-state index in [-0.39, 0.29) is 11.7 Å². The molecule has 0 unspecified atom stereocenters. The highest BCUT2D eigenvalue weighted by Crippen LogP contribution is 2.22. The summed E-state index contributed by atoms with van der Waals surface area (Å²) in [4.78, 5) is 28.7. The molecule has 0 bridgehead atoms. The SMILES string of the molecule is CC(=O)C(=O)N1CCN(c2cccc(N(C)C)c2)CC1. The van der Waals surface area contributed by atoms with Crippen LogP contribution in [0.3, 0.4) is 0 Å². The molecule has 5 nitrogen and oxygen atoms in total. The van der Waals surface area contributed by atoms with Gasteiger partial charge >= 0.3 is 0 Å². The maximum absolute atomic E-state index is 11.6. The highest BCUT2D eigenvalue weighted by molar-refractivity contribution is 6.35. The molecule has 1 aliphatic heterocycles. The van der Waals surface area contributed by atoms with Crippen molar-refractivity contribution in [2.75, 3.05) is 50.1 Å². The minimum absolute atomic E-state index is 0.369. The number of carbonyl (C=O) groups is 2. The van der Waals surface area contributed by atoms with E-state index < -0.39 is 0 Å². The predicted molar refractivity (Wildman–Crippen MR) is 80.2 cm³/mol. The average Bonchev–Trinajstić information content (AvgIpc) is 2.46. The lowest BCUT2D eigenvalue weighted by Gasteiger charge is -2.36. The maximum atomic E-state index is 11.6. The number of nitrogens with zero attached hydrogens (tertiary/aromatic N) is 3. The molecule has 20 heavy (non-hydrogen) atoms. The molecule has 5 heteroatoms. The number of ketones is 1. The molecule has 0 radical (unpaired) electrons. The molecule has 0 aromatic heterocycles. The van der Waals surface area contributed by atoms with Crippen LogP contribution in [0.2, 0.25) is 0 Å². The van der Waals surface area contributed by atoms with Crippen molar-refractivity contribution in [2.45, 2.75) is 6.92 Å². The van der Waals surface area contributed by atoms with Gasteiger partial charge in [-0.1, -0.05) is 6.07 Å². The summed E-state index contributed by atoms with van der Waals surface area (Å²) in [6.07, 6.45) is 0. The van der Waals surface area contributed by atoms with Crippen LogP contribution in [0.15, 0.2) is 24.3 Å². The summed E-state index contributed by atoms with van der Waals surface area (Å²) < 4.78 is 0. The molecule has 0 saturated carbocycles. The zero-order valence-electron chi connectivity index (χ0n) is 12.3. The van der Waals surface area contributed by atoms with E-state index in [9.17, 15) is 9.59 Å². The second-order valence-electron chi connectivity index (χ2n) is 5.25. The first-order chi connectivity index (χ1) is 9.49. The van der Waals surface area contributed by atoms with Gasteiger partial charge in [-0.3, -0.25) is 9.59 Å². The largest absolute Gasteiger partial charge is 0.378 e. The van der Waals surface area contributed by atoms with Crippen LogP contribution < -0.4 is 9.80 Å². The van der Waals surface area contributed by atoms with E-state index in [0.717, 1.165) is 24.5 Å². The second-order valence-corrected chi connectivity index (χ2v) is 5.25. The molecule has 1 fully saturated rings. The van der Waals surface area contributed by atoms with Gasteiger partial charge in [-0.2, -0.15) is 0 Å². The lowest BCUT2D eigenvalue weighted by atomic mass is 10.2. The van der Waals surface area contributed by atoms with Gasteiger partial charge in [0.15, 0.2) is 0 Å². The first-order valence-corrected chi connectivity index (χ1v) is 6.81. The average molecular weight is 275 g/mol. The van der Waals surface area contributed by atoms with Gasteiger partial charge < -0.3 is 14.7 Å². The fourth-order valence-corrected chi connectivity index (χ4v) is 2.36. The Morgan fingerprint density at radius 1 is 1.10 bits per heavy atom. The zero-order chi connectivity index (χ0) is 14.7. The number of benzene rings is 1. The Morgan fingerprint density at radius 2 is 1.75 bits per heavy atom. The van der Waals surface area contributed by atoms with Crippen LogP contribution in [-0.2, 0) is 9.59 Å². The van der Waals surface area contributed by atoms with E-state index >= 15 is 0 Å². The summed E-state index contributed by atoms with van der Waals surface area (Å²) in [7, 11) is 4.03. The Kier molecular flexibility index (Phi) is 4.27. The number of piperazine rings is 1. The topological polar surface area (TPSA) is 43.9 Å².